The van der Waals surface area contributed by atoms with Crippen LogP contribution in [0, 0.1) is 0 Å². The normalized spacial score (nSPS) is 19.7. The number of nitrogens with zero attached hydrogens (tertiary/aromatic N) is 4. The quantitative estimate of drug-likeness (QED) is 0.781. The first-order valence-electron chi connectivity index (χ1n) is 10.6. The number of hydrogen-bond acceptors (Lipinski definition) is 6. The Bertz CT molecular complexity index is 924. The average Bonchev–Trinajstić information content (AvgIpc) is 3.29. The van der Waals surface area contributed by atoms with Crippen LogP contribution in [0.5, 0.6) is 0 Å². The Morgan fingerprint density at radius 1 is 1.03 bits per heavy atom. The molecule has 0 bridgehead atoms. The van der Waals surface area contributed by atoms with Gasteiger partial charge in [-0.3, -0.25) is 14.5 Å². The van der Waals surface area contributed by atoms with Crippen LogP contribution < -0.4 is 11.5 Å². The van der Waals surface area contributed by atoms with Crippen molar-refractivity contribution >= 4 is 17.8 Å². The van der Waals surface area contributed by atoms with Crippen LogP contribution in [-0.4, -0.2) is 57.8 Å². The van der Waals surface area contributed by atoms with Gasteiger partial charge in [0, 0.05) is 30.4 Å². The summed E-state index contributed by atoms with van der Waals surface area (Å²) in [7, 11) is 0. The van der Waals surface area contributed by atoms with Crippen molar-refractivity contribution in [1.29, 1.82) is 0 Å². The fraction of sp³-hybridized carbons (Fsp3) is 0.455. The highest BCUT2D eigenvalue weighted by Gasteiger charge is 2.31. The van der Waals surface area contributed by atoms with Gasteiger partial charge in [0.25, 0.3) is 0 Å². The van der Waals surface area contributed by atoms with Crippen LogP contribution in [-0.2, 0) is 4.79 Å². The average molecular weight is 409 g/mol. The molecule has 2 aromatic rings. The number of carbonyl (C=O) groups excluding carboxylic acids is 2. The predicted octanol–water partition coefficient (Wildman–Crippen LogP) is 1.97. The molecular weight excluding hydrogens is 380 g/mol. The second kappa shape index (κ2) is 8.79. The standard InChI is InChI=1S/C22H28N6O2/c23-21(30)16-8-6-15(7-9-16)17-13-25-22(24)26-20(17)18-5-1-2-12-28(18)14-19(29)27-10-3-4-11-27/h6-9,13,18H,1-5,10-12,14H2,(H2,23,30)(H2,24,25,26)/t18-/m0/s1. The monoisotopic (exact) mass is 408 g/mol. The number of hydrogen-bond donors (Lipinski definition) is 2. The molecule has 0 spiro atoms. The molecule has 4 N–H and O–H groups in total. The summed E-state index contributed by atoms with van der Waals surface area (Å²) in [6.07, 6.45) is 6.95. The third-order valence-corrected chi connectivity index (χ3v) is 6.04. The second-order valence-electron chi connectivity index (χ2n) is 8.04. The zero-order valence-corrected chi connectivity index (χ0v) is 17.1. The zero-order valence-electron chi connectivity index (χ0n) is 17.1. The SMILES string of the molecule is NC(=O)c1ccc(-c2cnc(N)nc2[C@@H]2CCCCN2CC(=O)N2CCCC2)cc1. The molecule has 30 heavy (non-hydrogen) atoms. The molecule has 2 aliphatic rings. The maximum atomic E-state index is 12.8. The molecule has 2 saturated heterocycles. The van der Waals surface area contributed by atoms with Gasteiger partial charge in [0.05, 0.1) is 18.3 Å². The highest BCUT2D eigenvalue weighted by molar-refractivity contribution is 5.93. The first kappa shape index (κ1) is 20.3. The lowest BCUT2D eigenvalue weighted by atomic mass is 9.93. The van der Waals surface area contributed by atoms with Crippen LogP contribution in [0.25, 0.3) is 11.1 Å². The van der Waals surface area contributed by atoms with Crippen molar-refractivity contribution in [2.24, 2.45) is 5.73 Å². The van der Waals surface area contributed by atoms with E-state index in [0.717, 1.165) is 68.6 Å². The number of amides is 2. The molecule has 0 unspecified atom stereocenters. The van der Waals surface area contributed by atoms with E-state index in [1.807, 2.05) is 17.0 Å². The molecule has 1 aromatic carbocycles. The summed E-state index contributed by atoms with van der Waals surface area (Å²) in [5, 5.41) is 0. The maximum Gasteiger partial charge on any atom is 0.248 e. The Hall–Kier alpha value is -3.00. The smallest absolute Gasteiger partial charge is 0.248 e. The molecule has 2 amide bonds. The molecular formula is C22H28N6O2. The summed E-state index contributed by atoms with van der Waals surface area (Å²) >= 11 is 0. The van der Waals surface area contributed by atoms with E-state index in [-0.39, 0.29) is 17.9 Å². The predicted molar refractivity (Wildman–Crippen MR) is 114 cm³/mol. The largest absolute Gasteiger partial charge is 0.368 e. The van der Waals surface area contributed by atoms with Crippen LogP contribution in [0.4, 0.5) is 5.95 Å². The first-order chi connectivity index (χ1) is 14.5. The van der Waals surface area contributed by atoms with E-state index in [2.05, 4.69) is 14.9 Å². The van der Waals surface area contributed by atoms with Crippen LogP contribution >= 0.6 is 0 Å². The van der Waals surface area contributed by atoms with Gasteiger partial charge in [-0.2, -0.15) is 0 Å². The van der Waals surface area contributed by atoms with E-state index >= 15 is 0 Å². The molecule has 0 saturated carbocycles. The molecule has 4 rings (SSSR count). The van der Waals surface area contributed by atoms with Gasteiger partial charge in [0.15, 0.2) is 0 Å². The molecule has 8 nitrogen and oxygen atoms in total. The summed E-state index contributed by atoms with van der Waals surface area (Å²) in [6, 6.07) is 7.10. The number of primary amides is 1. The lowest BCUT2D eigenvalue weighted by Crippen LogP contribution is -2.43. The summed E-state index contributed by atoms with van der Waals surface area (Å²) < 4.78 is 0. The fourth-order valence-corrected chi connectivity index (χ4v) is 4.43. The Labute approximate surface area is 176 Å². The van der Waals surface area contributed by atoms with E-state index in [4.69, 9.17) is 11.5 Å². The van der Waals surface area contributed by atoms with Gasteiger partial charge in [-0.15, -0.1) is 0 Å². The number of rotatable bonds is 5. The van der Waals surface area contributed by atoms with Crippen molar-refractivity contribution in [2.45, 2.75) is 38.1 Å². The molecule has 1 atom stereocenters. The minimum absolute atomic E-state index is 0.00131. The number of benzene rings is 1. The zero-order chi connectivity index (χ0) is 21.1. The Morgan fingerprint density at radius 2 is 1.73 bits per heavy atom. The summed E-state index contributed by atoms with van der Waals surface area (Å²) in [6.45, 7) is 2.97. The lowest BCUT2D eigenvalue weighted by molar-refractivity contribution is -0.132. The van der Waals surface area contributed by atoms with E-state index in [1.54, 1.807) is 18.3 Å². The third kappa shape index (κ3) is 4.28. The molecule has 2 fully saturated rings. The van der Waals surface area contributed by atoms with Crippen LogP contribution in [0.15, 0.2) is 30.5 Å². The van der Waals surface area contributed by atoms with Crippen LogP contribution in [0.3, 0.4) is 0 Å². The topological polar surface area (TPSA) is 118 Å². The van der Waals surface area contributed by atoms with Gasteiger partial charge in [-0.05, 0) is 49.9 Å². The molecule has 0 radical (unpaired) electrons. The minimum atomic E-state index is -0.464. The number of nitrogen functional groups attached to an aromatic ring is 1. The van der Waals surface area contributed by atoms with Crippen molar-refractivity contribution in [3.8, 4) is 11.1 Å². The third-order valence-electron chi connectivity index (χ3n) is 6.04. The number of piperidine rings is 1. The summed E-state index contributed by atoms with van der Waals surface area (Å²) in [5.41, 5.74) is 14.4. The van der Waals surface area contributed by atoms with E-state index in [1.165, 1.54) is 0 Å². The first-order valence-corrected chi connectivity index (χ1v) is 10.6. The Balaban J connectivity index is 1.64. The van der Waals surface area contributed by atoms with E-state index in [0.29, 0.717) is 12.1 Å². The van der Waals surface area contributed by atoms with Gasteiger partial charge in [-0.25, -0.2) is 9.97 Å². The van der Waals surface area contributed by atoms with E-state index < -0.39 is 5.91 Å². The minimum Gasteiger partial charge on any atom is -0.368 e. The van der Waals surface area contributed by atoms with Crippen LogP contribution in [0.1, 0.15) is 54.2 Å². The molecule has 1 aromatic heterocycles. The fourth-order valence-electron chi connectivity index (χ4n) is 4.43. The van der Waals surface area contributed by atoms with Gasteiger partial charge >= 0.3 is 0 Å². The molecule has 2 aliphatic heterocycles. The maximum absolute atomic E-state index is 12.8. The number of anilines is 1. The highest BCUT2D eigenvalue weighted by atomic mass is 16.2. The van der Waals surface area contributed by atoms with Crippen molar-refractivity contribution in [3.05, 3.63) is 41.7 Å². The molecule has 3 heterocycles. The second-order valence-corrected chi connectivity index (χ2v) is 8.04. The van der Waals surface area contributed by atoms with E-state index in [9.17, 15) is 9.59 Å². The molecule has 8 heteroatoms. The number of carbonyl (C=O) groups is 2. The number of likely N-dealkylation sites (tertiary alicyclic amines) is 2. The number of nitrogens with two attached hydrogens (primary N) is 2. The summed E-state index contributed by atoms with van der Waals surface area (Å²) in [5.74, 6) is -0.0538. The highest BCUT2D eigenvalue weighted by Crippen LogP contribution is 2.36. The van der Waals surface area contributed by atoms with Gasteiger partial charge in [0.1, 0.15) is 0 Å². The van der Waals surface area contributed by atoms with Gasteiger partial charge in [0.2, 0.25) is 17.8 Å². The van der Waals surface area contributed by atoms with Crippen molar-refractivity contribution in [2.75, 3.05) is 31.9 Å². The summed E-state index contributed by atoms with van der Waals surface area (Å²) in [4.78, 5) is 37.2. The lowest BCUT2D eigenvalue weighted by Gasteiger charge is -2.36. The Morgan fingerprint density at radius 3 is 2.43 bits per heavy atom. The van der Waals surface area contributed by atoms with Crippen molar-refractivity contribution < 1.29 is 9.59 Å². The Kier molecular flexibility index (Phi) is 5.94. The van der Waals surface area contributed by atoms with Gasteiger partial charge < -0.3 is 16.4 Å². The van der Waals surface area contributed by atoms with Crippen LogP contribution in [0.2, 0.25) is 0 Å². The molecule has 158 valence electrons. The molecule has 0 aliphatic carbocycles. The van der Waals surface area contributed by atoms with Crippen molar-refractivity contribution in [1.82, 2.24) is 19.8 Å². The van der Waals surface area contributed by atoms with Crippen molar-refractivity contribution in [3.63, 3.8) is 0 Å². The number of aromatic nitrogens is 2. The van der Waals surface area contributed by atoms with Gasteiger partial charge in [-0.1, -0.05) is 18.6 Å².